The third-order valence-corrected chi connectivity index (χ3v) is 5.04. The van der Waals surface area contributed by atoms with Crippen molar-refractivity contribution < 1.29 is 4.79 Å². The van der Waals surface area contributed by atoms with Crippen molar-refractivity contribution in [1.82, 2.24) is 25.3 Å². The minimum atomic E-state index is 0.0628. The van der Waals surface area contributed by atoms with Crippen molar-refractivity contribution in [3.05, 3.63) is 36.4 Å². The fraction of sp³-hybridized carbons (Fsp3) is 0.467. The predicted octanol–water partition coefficient (Wildman–Crippen LogP) is 1.95. The molecule has 0 saturated heterocycles. The van der Waals surface area contributed by atoms with Crippen LogP contribution in [0.25, 0.3) is 5.69 Å². The maximum atomic E-state index is 11.9. The van der Waals surface area contributed by atoms with Crippen LogP contribution in [0.1, 0.15) is 31.4 Å². The maximum Gasteiger partial charge on any atom is 0.230 e. The fourth-order valence-electron chi connectivity index (χ4n) is 2.48. The molecule has 0 aliphatic heterocycles. The van der Waals surface area contributed by atoms with Crippen molar-refractivity contribution in [2.24, 2.45) is 0 Å². The van der Waals surface area contributed by atoms with E-state index in [0.717, 1.165) is 11.4 Å². The maximum absolute atomic E-state index is 11.9. The Balaban J connectivity index is 1.45. The van der Waals surface area contributed by atoms with E-state index in [1.165, 1.54) is 25.7 Å². The van der Waals surface area contributed by atoms with E-state index >= 15 is 0 Å². The lowest BCUT2D eigenvalue weighted by Crippen LogP contribution is -2.25. The van der Waals surface area contributed by atoms with Crippen LogP contribution >= 0.6 is 11.8 Å². The molecule has 1 saturated carbocycles. The second-order valence-electron chi connectivity index (χ2n) is 5.36. The van der Waals surface area contributed by atoms with Crippen LogP contribution in [0.4, 0.5) is 0 Å². The molecule has 1 aliphatic rings. The van der Waals surface area contributed by atoms with Gasteiger partial charge in [-0.05, 0) is 25.0 Å². The molecule has 116 valence electrons. The summed E-state index contributed by atoms with van der Waals surface area (Å²) >= 11 is 1.77. The number of nitrogens with one attached hydrogen (secondary N) is 1. The lowest BCUT2D eigenvalue weighted by Gasteiger charge is -2.08. The largest absolute Gasteiger partial charge is 0.350 e. The normalized spacial score (nSPS) is 15.1. The first-order valence-electron chi connectivity index (χ1n) is 7.51. The number of aromatic nitrogens is 4. The number of hydrogen-bond donors (Lipinski definition) is 1. The van der Waals surface area contributed by atoms with Crippen molar-refractivity contribution in [2.45, 2.75) is 37.5 Å². The van der Waals surface area contributed by atoms with Crippen LogP contribution in [-0.2, 0) is 11.3 Å². The highest BCUT2D eigenvalue weighted by Gasteiger charge is 2.16. The van der Waals surface area contributed by atoms with Gasteiger partial charge in [0.25, 0.3) is 0 Å². The van der Waals surface area contributed by atoms with E-state index in [-0.39, 0.29) is 5.91 Å². The summed E-state index contributed by atoms with van der Waals surface area (Å²) in [5.41, 5.74) is 1.59. The summed E-state index contributed by atoms with van der Waals surface area (Å²) in [6.07, 6.45) is 10.3. The van der Waals surface area contributed by atoms with Gasteiger partial charge < -0.3 is 5.32 Å². The summed E-state index contributed by atoms with van der Waals surface area (Å²) in [5.74, 6) is 0.592. The Morgan fingerprint density at radius 3 is 3.05 bits per heavy atom. The van der Waals surface area contributed by atoms with Gasteiger partial charge in [0, 0.05) is 11.4 Å². The SMILES string of the molecule is O=C(CSC1CCCC1)NCc1cn(-c2cccnc2)nn1. The quantitative estimate of drug-likeness (QED) is 0.881. The molecule has 0 bridgehead atoms. The number of hydrogen-bond acceptors (Lipinski definition) is 5. The van der Waals surface area contributed by atoms with Gasteiger partial charge in [0.2, 0.25) is 5.91 Å². The van der Waals surface area contributed by atoms with Gasteiger partial charge in [0.1, 0.15) is 5.69 Å². The highest BCUT2D eigenvalue weighted by molar-refractivity contribution is 8.00. The van der Waals surface area contributed by atoms with E-state index in [9.17, 15) is 4.79 Å². The zero-order chi connectivity index (χ0) is 15.2. The summed E-state index contributed by atoms with van der Waals surface area (Å²) in [5, 5.41) is 11.7. The molecule has 1 amide bonds. The molecule has 2 aromatic heterocycles. The summed E-state index contributed by atoms with van der Waals surface area (Å²) in [6, 6.07) is 3.75. The molecule has 0 radical (unpaired) electrons. The molecule has 3 rings (SSSR count). The summed E-state index contributed by atoms with van der Waals surface area (Å²) in [6.45, 7) is 0.407. The highest BCUT2D eigenvalue weighted by atomic mass is 32.2. The number of nitrogens with zero attached hydrogens (tertiary/aromatic N) is 4. The lowest BCUT2D eigenvalue weighted by molar-refractivity contribution is -0.118. The van der Waals surface area contributed by atoms with E-state index in [0.29, 0.717) is 17.5 Å². The summed E-state index contributed by atoms with van der Waals surface area (Å²) in [4.78, 5) is 15.9. The van der Waals surface area contributed by atoms with Crippen molar-refractivity contribution in [3.8, 4) is 5.69 Å². The minimum Gasteiger partial charge on any atom is -0.350 e. The van der Waals surface area contributed by atoms with E-state index in [1.807, 2.05) is 12.1 Å². The van der Waals surface area contributed by atoms with Gasteiger partial charge in [-0.15, -0.1) is 16.9 Å². The molecule has 6 nitrogen and oxygen atoms in total. The molecule has 22 heavy (non-hydrogen) atoms. The Morgan fingerprint density at radius 2 is 2.27 bits per heavy atom. The Bertz CT molecular complexity index is 609. The molecule has 0 atom stereocenters. The number of pyridine rings is 1. The molecule has 1 aliphatic carbocycles. The standard InChI is InChI=1S/C15H19N5OS/c21-15(11-22-14-5-1-2-6-14)17-8-12-10-20(19-18-12)13-4-3-7-16-9-13/h3-4,7,9-10,14H,1-2,5-6,8,11H2,(H,17,21). The Morgan fingerprint density at radius 1 is 1.41 bits per heavy atom. The first kappa shape index (κ1) is 15.0. The van der Waals surface area contributed by atoms with Gasteiger partial charge >= 0.3 is 0 Å². The van der Waals surface area contributed by atoms with Crippen molar-refractivity contribution in [1.29, 1.82) is 0 Å². The average molecular weight is 317 g/mol. The molecule has 2 aromatic rings. The van der Waals surface area contributed by atoms with Gasteiger partial charge in [0.15, 0.2) is 0 Å². The van der Waals surface area contributed by atoms with Crippen LogP contribution < -0.4 is 5.32 Å². The summed E-state index contributed by atoms with van der Waals surface area (Å²) in [7, 11) is 0. The summed E-state index contributed by atoms with van der Waals surface area (Å²) < 4.78 is 1.65. The van der Waals surface area contributed by atoms with Crippen molar-refractivity contribution in [2.75, 3.05) is 5.75 Å². The van der Waals surface area contributed by atoms with E-state index in [1.54, 1.807) is 35.0 Å². The van der Waals surface area contributed by atoms with E-state index < -0.39 is 0 Å². The van der Waals surface area contributed by atoms with Gasteiger partial charge in [-0.25, -0.2) is 4.68 Å². The van der Waals surface area contributed by atoms with Crippen LogP contribution in [0.15, 0.2) is 30.7 Å². The van der Waals surface area contributed by atoms with Gasteiger partial charge in [-0.3, -0.25) is 9.78 Å². The third-order valence-electron chi connectivity index (χ3n) is 3.67. The topological polar surface area (TPSA) is 72.7 Å². The first-order valence-corrected chi connectivity index (χ1v) is 8.56. The van der Waals surface area contributed by atoms with Crippen molar-refractivity contribution in [3.63, 3.8) is 0 Å². The van der Waals surface area contributed by atoms with Crippen LogP contribution in [0, 0.1) is 0 Å². The number of carbonyl (C=O) groups excluding carboxylic acids is 1. The molecule has 7 heteroatoms. The second-order valence-corrected chi connectivity index (χ2v) is 6.65. The zero-order valence-electron chi connectivity index (χ0n) is 12.3. The van der Waals surface area contributed by atoms with Gasteiger partial charge in [-0.2, -0.15) is 0 Å². The lowest BCUT2D eigenvalue weighted by atomic mass is 10.4. The average Bonchev–Trinajstić information content (AvgIpc) is 3.23. The fourth-order valence-corrected chi connectivity index (χ4v) is 3.64. The van der Waals surface area contributed by atoms with Crippen LogP contribution in [-0.4, -0.2) is 36.9 Å². The molecule has 0 unspecified atom stereocenters. The highest BCUT2D eigenvalue weighted by Crippen LogP contribution is 2.28. The Kier molecular flexibility index (Phi) is 5.05. The van der Waals surface area contributed by atoms with E-state index in [2.05, 4.69) is 20.6 Å². The Labute approximate surface area is 133 Å². The molecule has 0 aromatic carbocycles. The van der Waals surface area contributed by atoms with Crippen LogP contribution in [0.3, 0.4) is 0 Å². The predicted molar refractivity (Wildman–Crippen MR) is 85.7 cm³/mol. The number of carbonyl (C=O) groups is 1. The molecule has 0 spiro atoms. The second kappa shape index (κ2) is 7.40. The van der Waals surface area contributed by atoms with Crippen LogP contribution in [0.5, 0.6) is 0 Å². The molecular weight excluding hydrogens is 298 g/mol. The monoisotopic (exact) mass is 317 g/mol. The van der Waals surface area contributed by atoms with Gasteiger partial charge in [-0.1, -0.05) is 18.1 Å². The minimum absolute atomic E-state index is 0.0628. The molecule has 2 heterocycles. The molecule has 1 N–H and O–H groups in total. The zero-order valence-corrected chi connectivity index (χ0v) is 13.1. The van der Waals surface area contributed by atoms with Crippen LogP contribution in [0.2, 0.25) is 0 Å². The smallest absolute Gasteiger partial charge is 0.230 e. The molecular formula is C15H19N5OS. The first-order chi connectivity index (χ1) is 10.8. The van der Waals surface area contributed by atoms with Gasteiger partial charge in [0.05, 0.1) is 30.4 Å². The third kappa shape index (κ3) is 4.07. The molecule has 1 fully saturated rings. The number of rotatable bonds is 6. The van der Waals surface area contributed by atoms with E-state index in [4.69, 9.17) is 0 Å². The number of amides is 1. The Hall–Kier alpha value is -1.89. The van der Waals surface area contributed by atoms with Crippen molar-refractivity contribution >= 4 is 17.7 Å². The number of thioether (sulfide) groups is 1.